The lowest BCUT2D eigenvalue weighted by atomic mass is 10.2. The van der Waals surface area contributed by atoms with Crippen LogP contribution >= 0.6 is 11.3 Å². The van der Waals surface area contributed by atoms with E-state index in [1.54, 1.807) is 5.38 Å². The molecule has 0 radical (unpaired) electrons. The van der Waals surface area contributed by atoms with Crippen LogP contribution in [0.15, 0.2) is 21.7 Å². The standard InChI is InChI=1S/C8H19N.C4H5NO2S2/c1-6-9(7(2)3)8(4)5;5-9(6,7)4-1-2-8-3-4/h7-8H,6H2,1-5H3;1-3H,(H2,5,6,7). The number of primary sulfonamides is 1. The lowest BCUT2D eigenvalue weighted by molar-refractivity contribution is 0.185. The minimum absolute atomic E-state index is 0.188. The Morgan fingerprint density at radius 1 is 1.28 bits per heavy atom. The Kier molecular flexibility index (Phi) is 7.70. The summed E-state index contributed by atoms with van der Waals surface area (Å²) in [5.74, 6) is 0. The van der Waals surface area contributed by atoms with Gasteiger partial charge in [-0.05, 0) is 45.7 Å². The highest BCUT2D eigenvalue weighted by Crippen LogP contribution is 2.09. The molecule has 0 unspecified atom stereocenters. The minimum atomic E-state index is -3.45. The van der Waals surface area contributed by atoms with Gasteiger partial charge < -0.3 is 0 Å². The zero-order valence-electron chi connectivity index (χ0n) is 11.8. The first-order valence-corrected chi connectivity index (χ1v) is 8.49. The second kappa shape index (κ2) is 7.89. The van der Waals surface area contributed by atoms with Gasteiger partial charge in [0.05, 0.1) is 4.90 Å². The van der Waals surface area contributed by atoms with Gasteiger partial charge in [0.15, 0.2) is 0 Å². The summed E-state index contributed by atoms with van der Waals surface area (Å²) in [6, 6.07) is 2.85. The van der Waals surface area contributed by atoms with Crippen molar-refractivity contribution >= 4 is 21.4 Å². The zero-order valence-corrected chi connectivity index (χ0v) is 13.4. The van der Waals surface area contributed by atoms with Crippen molar-refractivity contribution in [1.29, 1.82) is 0 Å². The van der Waals surface area contributed by atoms with Gasteiger partial charge in [-0.3, -0.25) is 4.90 Å². The third-order valence-corrected chi connectivity index (χ3v) is 4.26. The molecule has 0 saturated heterocycles. The summed E-state index contributed by atoms with van der Waals surface area (Å²) in [4.78, 5) is 2.65. The SMILES string of the molecule is CCN(C(C)C)C(C)C.NS(=O)(=O)c1ccsc1. The van der Waals surface area contributed by atoms with E-state index in [0.29, 0.717) is 12.1 Å². The Hall–Kier alpha value is -0.430. The van der Waals surface area contributed by atoms with Crippen molar-refractivity contribution in [3.8, 4) is 0 Å². The van der Waals surface area contributed by atoms with Gasteiger partial charge in [-0.15, -0.1) is 0 Å². The second-order valence-electron chi connectivity index (χ2n) is 4.52. The maximum absolute atomic E-state index is 10.5. The van der Waals surface area contributed by atoms with Crippen LogP contribution in [0, 0.1) is 0 Å². The number of sulfonamides is 1. The summed E-state index contributed by atoms with van der Waals surface area (Å²) in [5, 5.41) is 7.94. The van der Waals surface area contributed by atoms with E-state index in [1.807, 2.05) is 0 Å². The van der Waals surface area contributed by atoms with Crippen molar-refractivity contribution in [2.75, 3.05) is 6.54 Å². The van der Waals surface area contributed by atoms with Crippen LogP contribution in [0.1, 0.15) is 34.6 Å². The predicted octanol–water partition coefficient (Wildman–Crippen LogP) is 2.52. The van der Waals surface area contributed by atoms with Crippen LogP contribution in [0.2, 0.25) is 0 Å². The molecule has 106 valence electrons. The van der Waals surface area contributed by atoms with E-state index in [4.69, 9.17) is 5.14 Å². The zero-order chi connectivity index (χ0) is 14.3. The Bertz CT molecular complexity index is 403. The quantitative estimate of drug-likeness (QED) is 0.927. The first-order chi connectivity index (χ1) is 8.20. The monoisotopic (exact) mass is 292 g/mol. The summed E-state index contributed by atoms with van der Waals surface area (Å²) in [7, 11) is -3.45. The molecule has 1 heterocycles. The van der Waals surface area contributed by atoms with Gasteiger partial charge in [0.1, 0.15) is 0 Å². The van der Waals surface area contributed by atoms with Crippen LogP contribution in [-0.2, 0) is 10.0 Å². The van der Waals surface area contributed by atoms with Gasteiger partial charge in [0.2, 0.25) is 10.0 Å². The topological polar surface area (TPSA) is 63.4 Å². The van der Waals surface area contributed by atoms with E-state index in [9.17, 15) is 8.42 Å². The number of hydrogen-bond acceptors (Lipinski definition) is 4. The number of hydrogen-bond donors (Lipinski definition) is 1. The van der Waals surface area contributed by atoms with E-state index in [0.717, 1.165) is 6.54 Å². The van der Waals surface area contributed by atoms with Gasteiger partial charge in [-0.25, -0.2) is 13.6 Å². The van der Waals surface area contributed by atoms with Crippen LogP contribution < -0.4 is 5.14 Å². The lowest BCUT2D eigenvalue weighted by Gasteiger charge is -2.28. The van der Waals surface area contributed by atoms with Gasteiger partial charge in [0, 0.05) is 17.5 Å². The van der Waals surface area contributed by atoms with E-state index in [-0.39, 0.29) is 4.90 Å². The molecule has 6 heteroatoms. The van der Waals surface area contributed by atoms with Crippen LogP contribution in [0.25, 0.3) is 0 Å². The molecule has 0 aliphatic rings. The van der Waals surface area contributed by atoms with Crippen molar-refractivity contribution < 1.29 is 8.42 Å². The van der Waals surface area contributed by atoms with Gasteiger partial charge >= 0.3 is 0 Å². The summed E-state index contributed by atoms with van der Waals surface area (Å²) in [6.07, 6.45) is 0. The van der Waals surface area contributed by atoms with Crippen LogP contribution in [0.4, 0.5) is 0 Å². The highest BCUT2D eigenvalue weighted by molar-refractivity contribution is 7.89. The fourth-order valence-corrected chi connectivity index (χ4v) is 3.30. The van der Waals surface area contributed by atoms with Crippen LogP contribution in [0.3, 0.4) is 0 Å². The minimum Gasteiger partial charge on any atom is -0.299 e. The maximum Gasteiger partial charge on any atom is 0.238 e. The number of rotatable bonds is 4. The van der Waals surface area contributed by atoms with E-state index in [2.05, 4.69) is 39.5 Å². The van der Waals surface area contributed by atoms with Crippen molar-refractivity contribution in [2.45, 2.75) is 51.6 Å². The molecule has 0 fully saturated rings. The third kappa shape index (κ3) is 6.49. The van der Waals surface area contributed by atoms with Crippen LogP contribution in [-0.4, -0.2) is 31.9 Å². The summed E-state index contributed by atoms with van der Waals surface area (Å²) in [6.45, 7) is 12.3. The smallest absolute Gasteiger partial charge is 0.238 e. The molecule has 0 aromatic carbocycles. The van der Waals surface area contributed by atoms with Crippen molar-refractivity contribution in [1.82, 2.24) is 4.90 Å². The third-order valence-electron chi connectivity index (χ3n) is 2.52. The van der Waals surface area contributed by atoms with Crippen molar-refractivity contribution in [3.63, 3.8) is 0 Å². The molecule has 0 amide bonds. The highest BCUT2D eigenvalue weighted by Gasteiger charge is 2.09. The molecule has 1 rings (SSSR count). The summed E-state index contributed by atoms with van der Waals surface area (Å²) < 4.78 is 21.0. The van der Waals surface area contributed by atoms with E-state index in [1.165, 1.54) is 22.8 Å². The molecule has 0 aliphatic carbocycles. The fourth-order valence-electron chi connectivity index (χ4n) is 1.74. The Morgan fingerprint density at radius 3 is 1.89 bits per heavy atom. The maximum atomic E-state index is 10.5. The van der Waals surface area contributed by atoms with E-state index >= 15 is 0 Å². The van der Waals surface area contributed by atoms with Gasteiger partial charge in [-0.1, -0.05) is 6.92 Å². The molecule has 1 aromatic rings. The van der Waals surface area contributed by atoms with Gasteiger partial charge in [-0.2, -0.15) is 11.3 Å². The summed E-state index contributed by atoms with van der Waals surface area (Å²) in [5.41, 5.74) is 0. The number of thiophene rings is 1. The average Bonchev–Trinajstić information content (AvgIpc) is 2.69. The van der Waals surface area contributed by atoms with Crippen molar-refractivity contribution in [2.24, 2.45) is 5.14 Å². The molecule has 0 atom stereocenters. The molecule has 2 N–H and O–H groups in total. The van der Waals surface area contributed by atoms with Crippen molar-refractivity contribution in [3.05, 3.63) is 16.8 Å². The normalized spacial score (nSPS) is 11.8. The lowest BCUT2D eigenvalue weighted by Crippen LogP contribution is -2.36. The predicted molar refractivity (Wildman–Crippen MR) is 78.3 cm³/mol. The largest absolute Gasteiger partial charge is 0.299 e. The second-order valence-corrected chi connectivity index (χ2v) is 6.86. The molecule has 18 heavy (non-hydrogen) atoms. The molecule has 0 spiro atoms. The highest BCUT2D eigenvalue weighted by atomic mass is 32.2. The van der Waals surface area contributed by atoms with Crippen LogP contribution in [0.5, 0.6) is 0 Å². The molecule has 1 aromatic heterocycles. The number of nitrogens with zero attached hydrogens (tertiary/aromatic N) is 1. The molecule has 4 nitrogen and oxygen atoms in total. The fraction of sp³-hybridized carbons (Fsp3) is 0.667. The molecule has 0 bridgehead atoms. The average molecular weight is 292 g/mol. The molecule has 0 aliphatic heterocycles. The molecular weight excluding hydrogens is 268 g/mol. The van der Waals surface area contributed by atoms with Gasteiger partial charge in [0.25, 0.3) is 0 Å². The van der Waals surface area contributed by atoms with E-state index < -0.39 is 10.0 Å². The number of nitrogens with two attached hydrogens (primary N) is 1. The first kappa shape index (κ1) is 17.6. The summed E-state index contributed by atoms with van der Waals surface area (Å²) >= 11 is 1.31. The molecule has 0 saturated carbocycles. The Balaban J connectivity index is 0.000000321. The molecular formula is C12H24N2O2S2. The first-order valence-electron chi connectivity index (χ1n) is 6.00. The Labute approximate surface area is 115 Å². The Morgan fingerprint density at radius 2 is 1.78 bits per heavy atom.